The summed E-state index contributed by atoms with van der Waals surface area (Å²) >= 11 is 5.98. The first kappa shape index (κ1) is 18.7. The van der Waals surface area contributed by atoms with Crippen LogP contribution in [0.2, 0.25) is 5.02 Å². The summed E-state index contributed by atoms with van der Waals surface area (Å²) < 4.78 is 7.41. The largest absolute Gasteiger partial charge is 0.482 e. The highest BCUT2D eigenvalue weighted by atomic mass is 35.5. The molecule has 2 heterocycles. The van der Waals surface area contributed by atoms with Gasteiger partial charge in [0, 0.05) is 23.1 Å². The molecule has 0 radical (unpaired) electrons. The molecule has 1 amide bonds. The molecule has 3 aromatic rings. The van der Waals surface area contributed by atoms with Crippen LogP contribution in [0.1, 0.15) is 17.0 Å². The monoisotopic (exact) mass is 382 g/mol. The molecule has 0 saturated heterocycles. The quantitative estimate of drug-likeness (QED) is 0.522. The molecular formula is C20H19ClN4O2. The number of nitrogens with zero attached hydrogens (tertiary/aromatic N) is 3. The van der Waals surface area contributed by atoms with E-state index < -0.39 is 0 Å². The predicted octanol–water partition coefficient (Wildman–Crippen LogP) is 3.67. The van der Waals surface area contributed by atoms with E-state index in [4.69, 9.17) is 16.3 Å². The number of rotatable bonds is 6. The third-order valence-electron chi connectivity index (χ3n) is 3.94. The van der Waals surface area contributed by atoms with Crippen molar-refractivity contribution in [1.82, 2.24) is 15.0 Å². The molecule has 138 valence electrons. The summed E-state index contributed by atoms with van der Waals surface area (Å²) in [4.78, 5) is 16.3. The van der Waals surface area contributed by atoms with Crippen LogP contribution in [0, 0.1) is 13.8 Å². The van der Waals surface area contributed by atoms with Crippen molar-refractivity contribution in [2.24, 2.45) is 5.10 Å². The number of carbonyl (C=O) groups is 1. The van der Waals surface area contributed by atoms with E-state index in [0.717, 1.165) is 22.8 Å². The molecule has 7 heteroatoms. The Morgan fingerprint density at radius 1 is 1.26 bits per heavy atom. The van der Waals surface area contributed by atoms with Crippen molar-refractivity contribution < 1.29 is 9.53 Å². The first-order chi connectivity index (χ1) is 13.1. The second kappa shape index (κ2) is 8.51. The number of pyridine rings is 1. The van der Waals surface area contributed by atoms with Gasteiger partial charge in [-0.3, -0.25) is 4.79 Å². The zero-order valence-corrected chi connectivity index (χ0v) is 15.8. The van der Waals surface area contributed by atoms with E-state index in [-0.39, 0.29) is 12.5 Å². The van der Waals surface area contributed by atoms with Crippen LogP contribution < -0.4 is 10.2 Å². The van der Waals surface area contributed by atoms with E-state index in [9.17, 15) is 4.79 Å². The van der Waals surface area contributed by atoms with Gasteiger partial charge in [0.25, 0.3) is 5.91 Å². The average molecular weight is 383 g/mol. The van der Waals surface area contributed by atoms with Gasteiger partial charge in [-0.1, -0.05) is 29.8 Å². The number of carbonyl (C=O) groups excluding carboxylic acids is 1. The van der Waals surface area contributed by atoms with Crippen LogP contribution in [0.5, 0.6) is 5.75 Å². The number of aromatic nitrogens is 2. The highest BCUT2D eigenvalue weighted by Crippen LogP contribution is 2.22. The minimum atomic E-state index is -0.371. The Morgan fingerprint density at radius 3 is 2.78 bits per heavy atom. The zero-order chi connectivity index (χ0) is 19.2. The summed E-state index contributed by atoms with van der Waals surface area (Å²) in [6.45, 7) is 3.80. The van der Waals surface area contributed by atoms with Crippen LogP contribution in [-0.2, 0) is 4.79 Å². The van der Waals surface area contributed by atoms with E-state index in [1.165, 1.54) is 0 Å². The van der Waals surface area contributed by atoms with E-state index in [0.29, 0.717) is 10.8 Å². The number of hydrazone groups is 1. The molecule has 0 saturated carbocycles. The topological polar surface area (TPSA) is 68.5 Å². The number of aryl methyl sites for hydroxylation is 1. The van der Waals surface area contributed by atoms with Crippen molar-refractivity contribution in [1.29, 1.82) is 0 Å². The average Bonchev–Trinajstić information content (AvgIpc) is 2.95. The Kier molecular flexibility index (Phi) is 5.88. The van der Waals surface area contributed by atoms with Crippen LogP contribution in [0.15, 0.2) is 59.8 Å². The first-order valence-corrected chi connectivity index (χ1v) is 8.73. The molecule has 0 aliphatic carbocycles. The minimum Gasteiger partial charge on any atom is -0.482 e. The molecule has 27 heavy (non-hydrogen) atoms. The highest BCUT2D eigenvalue weighted by molar-refractivity contribution is 6.32. The van der Waals surface area contributed by atoms with Crippen LogP contribution in [0.4, 0.5) is 0 Å². The maximum atomic E-state index is 11.9. The lowest BCUT2D eigenvalue weighted by molar-refractivity contribution is -0.123. The van der Waals surface area contributed by atoms with E-state index in [2.05, 4.69) is 15.5 Å². The molecule has 0 spiro atoms. The van der Waals surface area contributed by atoms with Crippen molar-refractivity contribution in [2.75, 3.05) is 6.61 Å². The van der Waals surface area contributed by atoms with Gasteiger partial charge in [0.2, 0.25) is 0 Å². The maximum Gasteiger partial charge on any atom is 0.277 e. The molecule has 1 N–H and O–H groups in total. The number of benzene rings is 1. The van der Waals surface area contributed by atoms with Gasteiger partial charge in [0.1, 0.15) is 11.6 Å². The number of nitrogens with one attached hydrogen (secondary N) is 1. The van der Waals surface area contributed by atoms with Crippen LogP contribution >= 0.6 is 11.6 Å². The number of ether oxygens (including phenoxy) is 1. The standard InChI is InChI=1S/C20H19ClN4O2/c1-14-11-16(15(2)25(14)19-9-5-6-10-22-19)12-23-24-20(26)13-27-18-8-4-3-7-17(18)21/h3-12H,13H2,1-2H3,(H,24,26)/b23-12+. The SMILES string of the molecule is Cc1cc(/C=N/NC(=O)COc2ccccc2Cl)c(C)n1-c1ccccn1. The number of hydrogen-bond donors (Lipinski definition) is 1. The molecule has 0 unspecified atom stereocenters. The lowest BCUT2D eigenvalue weighted by Crippen LogP contribution is -2.24. The summed E-state index contributed by atoms with van der Waals surface area (Å²) in [5.74, 6) is 0.922. The summed E-state index contributed by atoms with van der Waals surface area (Å²) in [5, 5.41) is 4.47. The van der Waals surface area contributed by atoms with Crippen molar-refractivity contribution in [3.8, 4) is 11.6 Å². The van der Waals surface area contributed by atoms with Crippen molar-refractivity contribution in [3.05, 3.63) is 76.7 Å². The number of amides is 1. The molecule has 2 aromatic heterocycles. The summed E-state index contributed by atoms with van der Waals surface area (Å²) in [6, 6.07) is 14.7. The highest BCUT2D eigenvalue weighted by Gasteiger charge is 2.10. The van der Waals surface area contributed by atoms with E-state index in [1.807, 2.05) is 42.7 Å². The van der Waals surface area contributed by atoms with Crippen LogP contribution in [-0.4, -0.2) is 28.3 Å². The minimum absolute atomic E-state index is 0.173. The number of halogens is 1. The molecule has 0 fully saturated rings. The molecule has 6 nitrogen and oxygen atoms in total. The van der Waals surface area contributed by atoms with Gasteiger partial charge in [0.15, 0.2) is 6.61 Å². The summed E-state index contributed by atoms with van der Waals surface area (Å²) in [5.41, 5.74) is 5.36. The van der Waals surface area contributed by atoms with Crippen molar-refractivity contribution >= 4 is 23.7 Å². The lowest BCUT2D eigenvalue weighted by atomic mass is 10.3. The molecule has 0 atom stereocenters. The fourth-order valence-electron chi connectivity index (χ4n) is 2.67. The Bertz CT molecular complexity index is 967. The van der Waals surface area contributed by atoms with Crippen LogP contribution in [0.3, 0.4) is 0 Å². The van der Waals surface area contributed by atoms with Crippen LogP contribution in [0.25, 0.3) is 5.82 Å². The Hall–Kier alpha value is -3.12. The van der Waals surface area contributed by atoms with E-state index in [1.54, 1.807) is 36.7 Å². The van der Waals surface area contributed by atoms with Gasteiger partial charge in [-0.05, 0) is 44.2 Å². The second-order valence-corrected chi connectivity index (χ2v) is 6.27. The van der Waals surface area contributed by atoms with Gasteiger partial charge in [-0.2, -0.15) is 5.10 Å². The number of hydrogen-bond acceptors (Lipinski definition) is 4. The van der Waals surface area contributed by atoms with Gasteiger partial charge >= 0.3 is 0 Å². The van der Waals surface area contributed by atoms with Gasteiger partial charge < -0.3 is 9.30 Å². The number of para-hydroxylation sites is 1. The maximum absolute atomic E-state index is 11.9. The fraction of sp³-hybridized carbons (Fsp3) is 0.150. The van der Waals surface area contributed by atoms with Gasteiger partial charge in [0.05, 0.1) is 11.2 Å². The lowest BCUT2D eigenvalue weighted by Gasteiger charge is -2.07. The van der Waals surface area contributed by atoms with E-state index >= 15 is 0 Å². The molecule has 3 rings (SSSR count). The van der Waals surface area contributed by atoms with Gasteiger partial charge in [-0.15, -0.1) is 0 Å². The Balaban J connectivity index is 1.62. The van der Waals surface area contributed by atoms with Crippen molar-refractivity contribution in [2.45, 2.75) is 13.8 Å². The third-order valence-corrected chi connectivity index (χ3v) is 4.25. The Labute approximate surface area is 162 Å². The molecule has 0 aliphatic rings. The van der Waals surface area contributed by atoms with Gasteiger partial charge in [-0.25, -0.2) is 10.4 Å². The first-order valence-electron chi connectivity index (χ1n) is 8.36. The zero-order valence-electron chi connectivity index (χ0n) is 15.0. The smallest absolute Gasteiger partial charge is 0.277 e. The molecule has 0 aliphatic heterocycles. The van der Waals surface area contributed by atoms with Crippen molar-refractivity contribution in [3.63, 3.8) is 0 Å². The molecular weight excluding hydrogens is 364 g/mol. The summed E-state index contributed by atoms with van der Waals surface area (Å²) in [7, 11) is 0. The molecule has 0 bridgehead atoms. The second-order valence-electron chi connectivity index (χ2n) is 5.86. The normalized spacial score (nSPS) is 10.9. The summed E-state index contributed by atoms with van der Waals surface area (Å²) in [6.07, 6.45) is 3.36. The fourth-order valence-corrected chi connectivity index (χ4v) is 2.86. The Morgan fingerprint density at radius 2 is 2.04 bits per heavy atom. The third kappa shape index (κ3) is 4.54. The predicted molar refractivity (Wildman–Crippen MR) is 106 cm³/mol. The molecule has 1 aromatic carbocycles.